The minimum Gasteiger partial charge on any atom is -0.481 e. The Hall–Kier alpha value is -1.36. The van der Waals surface area contributed by atoms with Gasteiger partial charge in [0.1, 0.15) is 0 Å². The summed E-state index contributed by atoms with van der Waals surface area (Å²) in [4.78, 5) is 19.0. The molecule has 1 aliphatic rings. The lowest BCUT2D eigenvalue weighted by Gasteiger charge is -2.33. The fourth-order valence-corrected chi connectivity index (χ4v) is 4.11. The van der Waals surface area contributed by atoms with Gasteiger partial charge in [-0.05, 0) is 30.6 Å². The van der Waals surface area contributed by atoms with E-state index in [2.05, 4.69) is 27.4 Å². The molecule has 0 aromatic carbocycles. The molecule has 1 aromatic rings. The quantitative estimate of drug-likeness (QED) is 0.810. The normalized spacial score (nSPS) is 17.9. The Bertz CT molecular complexity index is 545. The van der Waals surface area contributed by atoms with Crippen molar-refractivity contribution in [3.63, 3.8) is 0 Å². The molecule has 5 heteroatoms. The van der Waals surface area contributed by atoms with Crippen LogP contribution in [-0.4, -0.2) is 29.1 Å². The number of carboxylic acids is 1. The van der Waals surface area contributed by atoms with Crippen LogP contribution in [0.4, 0.5) is 5.13 Å². The summed E-state index contributed by atoms with van der Waals surface area (Å²) in [5.41, 5.74) is 1.54. The second kappa shape index (κ2) is 6.82. The maximum absolute atomic E-state index is 10.8. The highest BCUT2D eigenvalue weighted by Crippen LogP contribution is 2.40. The van der Waals surface area contributed by atoms with Gasteiger partial charge in [0, 0.05) is 18.0 Å². The molecule has 1 N–H and O–H groups in total. The molecule has 2 rings (SSSR count). The van der Waals surface area contributed by atoms with Gasteiger partial charge in [-0.1, -0.05) is 26.8 Å². The van der Waals surface area contributed by atoms with Crippen LogP contribution in [-0.2, 0) is 17.6 Å². The van der Waals surface area contributed by atoms with Gasteiger partial charge in [0.2, 0.25) is 0 Å². The number of nitrogens with zero attached hydrogens (tertiary/aromatic N) is 2. The average molecular weight is 322 g/mol. The zero-order chi connectivity index (χ0) is 16.3. The van der Waals surface area contributed by atoms with Crippen molar-refractivity contribution in [1.29, 1.82) is 0 Å². The first-order valence-corrected chi connectivity index (χ1v) is 8.69. The standard InChI is InChI=1S/C17H26N2O2S/c1-5-9-19(10-8-15(20)21)16-18-13-7-6-12(17(2,3)4)11-14(13)22-16/h5,12H,1,6-11H2,2-4H3,(H,20,21). The molecule has 0 saturated heterocycles. The van der Waals surface area contributed by atoms with Crippen molar-refractivity contribution in [1.82, 2.24) is 4.98 Å². The zero-order valence-corrected chi connectivity index (χ0v) is 14.6. The minimum atomic E-state index is -0.775. The lowest BCUT2D eigenvalue weighted by molar-refractivity contribution is -0.136. The topological polar surface area (TPSA) is 53.4 Å². The van der Waals surface area contributed by atoms with Crippen molar-refractivity contribution in [2.45, 2.75) is 46.5 Å². The van der Waals surface area contributed by atoms with Crippen molar-refractivity contribution in [3.05, 3.63) is 23.2 Å². The molecular weight excluding hydrogens is 296 g/mol. The molecule has 0 radical (unpaired) electrons. The van der Waals surface area contributed by atoms with E-state index < -0.39 is 5.97 Å². The largest absolute Gasteiger partial charge is 0.481 e. The molecule has 0 spiro atoms. The number of hydrogen-bond acceptors (Lipinski definition) is 4. The Morgan fingerprint density at radius 3 is 2.86 bits per heavy atom. The lowest BCUT2D eigenvalue weighted by atomic mass is 9.73. The predicted molar refractivity (Wildman–Crippen MR) is 91.7 cm³/mol. The molecule has 0 fully saturated rings. The summed E-state index contributed by atoms with van der Waals surface area (Å²) in [6, 6.07) is 0. The number of aryl methyl sites for hydroxylation is 1. The van der Waals surface area contributed by atoms with Gasteiger partial charge in [-0.2, -0.15) is 0 Å². The van der Waals surface area contributed by atoms with E-state index in [1.54, 1.807) is 17.4 Å². The summed E-state index contributed by atoms with van der Waals surface area (Å²) < 4.78 is 0. The van der Waals surface area contributed by atoms with Crippen LogP contribution >= 0.6 is 11.3 Å². The van der Waals surface area contributed by atoms with Crippen molar-refractivity contribution in [2.24, 2.45) is 11.3 Å². The molecule has 122 valence electrons. The summed E-state index contributed by atoms with van der Waals surface area (Å²) in [6.07, 6.45) is 5.26. The second-order valence-electron chi connectivity index (χ2n) is 7.05. The molecule has 0 bridgehead atoms. The van der Waals surface area contributed by atoms with Gasteiger partial charge in [-0.3, -0.25) is 4.79 Å². The minimum absolute atomic E-state index is 0.128. The maximum atomic E-state index is 10.8. The summed E-state index contributed by atoms with van der Waals surface area (Å²) in [5, 5.41) is 9.84. The number of fused-ring (bicyclic) bond motifs is 1. The SMILES string of the molecule is C=CCN(CCC(=O)O)c1nc2c(s1)CC(C(C)(C)C)CC2. The number of hydrogen-bond donors (Lipinski definition) is 1. The van der Waals surface area contributed by atoms with Crippen LogP contribution in [0.3, 0.4) is 0 Å². The predicted octanol–water partition coefficient (Wildman–Crippen LogP) is 3.76. The van der Waals surface area contributed by atoms with Crippen molar-refractivity contribution in [2.75, 3.05) is 18.0 Å². The van der Waals surface area contributed by atoms with E-state index in [9.17, 15) is 4.79 Å². The Morgan fingerprint density at radius 1 is 1.55 bits per heavy atom. The summed E-state index contributed by atoms with van der Waals surface area (Å²) in [7, 11) is 0. The van der Waals surface area contributed by atoms with Crippen LogP contribution in [0.15, 0.2) is 12.7 Å². The van der Waals surface area contributed by atoms with E-state index in [1.165, 1.54) is 17.0 Å². The highest BCUT2D eigenvalue weighted by Gasteiger charge is 2.31. The molecule has 0 amide bonds. The third-order valence-corrected chi connectivity index (χ3v) is 5.55. The number of aliphatic carboxylic acids is 1. The molecule has 0 saturated carbocycles. The summed E-state index contributed by atoms with van der Waals surface area (Å²) in [5.74, 6) is -0.0802. The van der Waals surface area contributed by atoms with Gasteiger partial charge in [0.25, 0.3) is 0 Å². The number of carboxylic acid groups (broad SMARTS) is 1. The van der Waals surface area contributed by atoms with E-state index in [1.807, 2.05) is 4.90 Å². The molecule has 4 nitrogen and oxygen atoms in total. The van der Waals surface area contributed by atoms with Crippen LogP contribution in [0, 0.1) is 11.3 Å². The number of aromatic nitrogens is 1. The third kappa shape index (κ3) is 4.09. The van der Waals surface area contributed by atoms with Crippen LogP contribution in [0.1, 0.15) is 44.2 Å². The molecule has 1 heterocycles. The van der Waals surface area contributed by atoms with Crippen LogP contribution in [0.2, 0.25) is 0 Å². The average Bonchev–Trinajstić information content (AvgIpc) is 2.84. The number of thiazole rings is 1. The van der Waals surface area contributed by atoms with Gasteiger partial charge in [-0.25, -0.2) is 4.98 Å². The Kier molecular flexibility index (Phi) is 5.27. The number of carbonyl (C=O) groups is 1. The first-order chi connectivity index (χ1) is 10.3. The van der Waals surface area contributed by atoms with E-state index >= 15 is 0 Å². The van der Waals surface area contributed by atoms with Crippen LogP contribution in [0.5, 0.6) is 0 Å². The Morgan fingerprint density at radius 2 is 2.27 bits per heavy atom. The van der Waals surface area contributed by atoms with E-state index in [-0.39, 0.29) is 6.42 Å². The van der Waals surface area contributed by atoms with Gasteiger partial charge < -0.3 is 10.0 Å². The molecule has 1 aromatic heterocycles. The van der Waals surface area contributed by atoms with E-state index in [4.69, 9.17) is 10.1 Å². The van der Waals surface area contributed by atoms with Crippen LogP contribution < -0.4 is 4.90 Å². The fraction of sp³-hybridized carbons (Fsp3) is 0.647. The van der Waals surface area contributed by atoms with Gasteiger partial charge in [-0.15, -0.1) is 17.9 Å². The molecule has 1 aliphatic carbocycles. The molecule has 0 aliphatic heterocycles. The Balaban J connectivity index is 2.14. The molecule has 22 heavy (non-hydrogen) atoms. The number of rotatable bonds is 6. The number of anilines is 1. The van der Waals surface area contributed by atoms with Crippen molar-refractivity contribution >= 4 is 22.4 Å². The smallest absolute Gasteiger partial charge is 0.305 e. The monoisotopic (exact) mass is 322 g/mol. The molecule has 1 unspecified atom stereocenters. The third-order valence-electron chi connectivity index (χ3n) is 4.37. The fourth-order valence-electron chi connectivity index (χ4n) is 2.89. The Labute approximate surface area is 136 Å². The summed E-state index contributed by atoms with van der Waals surface area (Å²) >= 11 is 1.73. The zero-order valence-electron chi connectivity index (χ0n) is 13.8. The second-order valence-corrected chi connectivity index (χ2v) is 8.11. The first-order valence-electron chi connectivity index (χ1n) is 7.87. The van der Waals surface area contributed by atoms with Crippen molar-refractivity contribution in [3.8, 4) is 0 Å². The van der Waals surface area contributed by atoms with Gasteiger partial charge in [0.15, 0.2) is 5.13 Å². The summed E-state index contributed by atoms with van der Waals surface area (Å²) in [6.45, 7) is 11.8. The highest BCUT2D eigenvalue weighted by molar-refractivity contribution is 7.15. The maximum Gasteiger partial charge on any atom is 0.305 e. The molecular formula is C17H26N2O2S. The van der Waals surface area contributed by atoms with Crippen LogP contribution in [0.25, 0.3) is 0 Å². The van der Waals surface area contributed by atoms with E-state index in [0.717, 1.165) is 18.0 Å². The first kappa shape index (κ1) is 17.0. The van der Waals surface area contributed by atoms with Gasteiger partial charge in [0.05, 0.1) is 12.1 Å². The van der Waals surface area contributed by atoms with Gasteiger partial charge >= 0.3 is 5.97 Å². The lowest BCUT2D eigenvalue weighted by Crippen LogP contribution is -2.26. The molecule has 1 atom stereocenters. The van der Waals surface area contributed by atoms with Crippen molar-refractivity contribution < 1.29 is 9.90 Å². The van der Waals surface area contributed by atoms with E-state index in [0.29, 0.717) is 24.4 Å². The highest BCUT2D eigenvalue weighted by atomic mass is 32.1.